The molecule has 4 N–H and O–H groups in total. The molecule has 2 rings (SSSR count). The summed E-state index contributed by atoms with van der Waals surface area (Å²) in [5, 5.41) is 15.8. The van der Waals surface area contributed by atoms with Gasteiger partial charge in [-0.25, -0.2) is 10.5 Å². The van der Waals surface area contributed by atoms with Crippen molar-refractivity contribution in [3.8, 4) is 0 Å². The number of hydrazine groups is 1. The molecule has 3 atom stereocenters. The highest BCUT2D eigenvalue weighted by Gasteiger charge is 2.39. The van der Waals surface area contributed by atoms with E-state index in [0.29, 0.717) is 6.42 Å². The van der Waals surface area contributed by atoms with Crippen LogP contribution in [0.2, 0.25) is 0 Å². The summed E-state index contributed by atoms with van der Waals surface area (Å²) in [6, 6.07) is 12.8. The molecule has 192 valence electrons. The van der Waals surface area contributed by atoms with Gasteiger partial charge < -0.3 is 10.1 Å². The number of hydrogen-bond donors (Lipinski definition) is 4. The van der Waals surface area contributed by atoms with Crippen LogP contribution in [0.25, 0.3) is 10.8 Å². The summed E-state index contributed by atoms with van der Waals surface area (Å²) in [5.41, 5.74) is 4.53. The van der Waals surface area contributed by atoms with Gasteiger partial charge in [-0.2, -0.15) is 0 Å². The Bertz CT molecular complexity index is 1020. The summed E-state index contributed by atoms with van der Waals surface area (Å²) in [6.45, 7) is 7.64. The van der Waals surface area contributed by atoms with Gasteiger partial charge in [0.25, 0.3) is 11.8 Å². The Kier molecular flexibility index (Phi) is 10.2. The van der Waals surface area contributed by atoms with Gasteiger partial charge in [0, 0.05) is 20.7 Å². The minimum Gasteiger partial charge on any atom is -0.367 e. The first-order chi connectivity index (χ1) is 16.5. The van der Waals surface area contributed by atoms with Crippen molar-refractivity contribution in [1.29, 1.82) is 0 Å². The van der Waals surface area contributed by atoms with E-state index in [0.717, 1.165) is 16.3 Å². The molecule has 0 aliphatic rings. The largest absolute Gasteiger partial charge is 0.367 e. The minimum atomic E-state index is -1.25. The highest BCUT2D eigenvalue weighted by molar-refractivity contribution is 5.93. The third kappa shape index (κ3) is 8.02. The SMILES string of the molecule is CCCO[C@H](C(=O)NO)[C@@H](Cc1ccc2ccccc2c1)C(=O)N[C@H](C(=O)NN(C)C)C(C)(C)C. The zero-order valence-corrected chi connectivity index (χ0v) is 21.4. The van der Waals surface area contributed by atoms with E-state index in [1.54, 1.807) is 19.6 Å². The maximum absolute atomic E-state index is 13.6. The lowest BCUT2D eigenvalue weighted by atomic mass is 9.84. The van der Waals surface area contributed by atoms with Crippen LogP contribution in [0.5, 0.6) is 0 Å². The molecule has 0 aliphatic carbocycles. The number of fused-ring (bicyclic) bond motifs is 1. The number of rotatable bonds is 11. The van der Waals surface area contributed by atoms with Crippen LogP contribution in [-0.4, -0.2) is 60.8 Å². The zero-order chi connectivity index (χ0) is 26.2. The average Bonchev–Trinajstić information content (AvgIpc) is 2.80. The molecule has 0 bridgehead atoms. The second-order valence-electron chi connectivity index (χ2n) is 9.94. The van der Waals surface area contributed by atoms with Gasteiger partial charge in [-0.1, -0.05) is 70.2 Å². The van der Waals surface area contributed by atoms with Gasteiger partial charge in [0.2, 0.25) is 5.91 Å². The Labute approximate surface area is 207 Å². The van der Waals surface area contributed by atoms with Crippen molar-refractivity contribution in [1.82, 2.24) is 21.2 Å². The van der Waals surface area contributed by atoms with E-state index in [-0.39, 0.29) is 18.9 Å². The predicted molar refractivity (Wildman–Crippen MR) is 134 cm³/mol. The van der Waals surface area contributed by atoms with Crippen molar-refractivity contribution in [2.45, 2.75) is 52.7 Å². The zero-order valence-electron chi connectivity index (χ0n) is 21.4. The molecule has 0 saturated carbocycles. The molecule has 3 amide bonds. The number of nitrogens with one attached hydrogen (secondary N) is 3. The maximum atomic E-state index is 13.6. The van der Waals surface area contributed by atoms with Gasteiger partial charge in [0.05, 0.1) is 5.92 Å². The second kappa shape index (κ2) is 12.6. The number of hydrogen-bond acceptors (Lipinski definition) is 6. The van der Waals surface area contributed by atoms with Crippen LogP contribution >= 0.6 is 0 Å². The summed E-state index contributed by atoms with van der Waals surface area (Å²) in [7, 11) is 3.37. The Morgan fingerprint density at radius 1 is 1.00 bits per heavy atom. The van der Waals surface area contributed by atoms with E-state index >= 15 is 0 Å². The molecule has 9 heteroatoms. The first kappa shape index (κ1) is 28.2. The number of nitrogens with zero attached hydrogens (tertiary/aromatic N) is 1. The van der Waals surface area contributed by atoms with Crippen LogP contribution < -0.4 is 16.2 Å². The predicted octanol–water partition coefficient (Wildman–Crippen LogP) is 2.42. The standard InChI is InChI=1S/C26H38N4O5/c1-7-14-35-21(24(32)29-34)20(16-17-12-13-18-10-8-9-11-19(18)15-17)23(31)27-22(26(2,3)4)25(33)28-30(5)6/h8-13,15,20-22,34H,7,14,16H2,1-6H3,(H,27,31)(H,28,33)(H,29,32)/t20-,21+,22-/m1/s1. The second-order valence-corrected chi connectivity index (χ2v) is 9.94. The fourth-order valence-electron chi connectivity index (χ4n) is 3.85. The molecule has 0 saturated heterocycles. The van der Waals surface area contributed by atoms with Crippen LogP contribution in [0.4, 0.5) is 0 Å². The van der Waals surface area contributed by atoms with Crippen LogP contribution in [0.1, 0.15) is 39.7 Å². The van der Waals surface area contributed by atoms with Crippen molar-refractivity contribution < 1.29 is 24.3 Å². The third-order valence-corrected chi connectivity index (χ3v) is 5.59. The van der Waals surface area contributed by atoms with Gasteiger partial charge in [0.15, 0.2) is 0 Å². The minimum absolute atomic E-state index is 0.171. The quantitative estimate of drug-likeness (QED) is 0.286. The summed E-state index contributed by atoms with van der Waals surface area (Å²) < 4.78 is 5.74. The fraction of sp³-hybridized carbons (Fsp3) is 0.500. The van der Waals surface area contributed by atoms with Crippen LogP contribution in [0.3, 0.4) is 0 Å². The molecular weight excluding hydrogens is 448 g/mol. The highest BCUT2D eigenvalue weighted by Crippen LogP contribution is 2.24. The molecule has 0 unspecified atom stereocenters. The van der Waals surface area contributed by atoms with E-state index < -0.39 is 35.3 Å². The maximum Gasteiger partial charge on any atom is 0.273 e. The Hall–Kier alpha value is -3.01. The van der Waals surface area contributed by atoms with Gasteiger partial charge in [-0.05, 0) is 34.6 Å². The summed E-state index contributed by atoms with van der Waals surface area (Å²) in [6.07, 6.45) is -0.455. The number of hydroxylamine groups is 1. The molecule has 2 aromatic carbocycles. The molecule has 0 heterocycles. The number of amides is 3. The monoisotopic (exact) mass is 486 g/mol. The van der Waals surface area contributed by atoms with Crippen molar-refractivity contribution in [2.24, 2.45) is 11.3 Å². The molecule has 0 radical (unpaired) electrons. The molecule has 0 spiro atoms. The van der Waals surface area contributed by atoms with Crippen LogP contribution in [0.15, 0.2) is 42.5 Å². The Balaban J connectivity index is 2.43. The van der Waals surface area contributed by atoms with Gasteiger partial charge in [0.1, 0.15) is 12.1 Å². The summed E-state index contributed by atoms with van der Waals surface area (Å²) >= 11 is 0. The van der Waals surface area contributed by atoms with Gasteiger partial charge >= 0.3 is 0 Å². The van der Waals surface area contributed by atoms with Crippen molar-refractivity contribution in [2.75, 3.05) is 20.7 Å². The topological polar surface area (TPSA) is 120 Å². The average molecular weight is 487 g/mol. The van der Waals surface area contributed by atoms with E-state index in [9.17, 15) is 19.6 Å². The lowest BCUT2D eigenvalue weighted by Gasteiger charge is -2.33. The van der Waals surface area contributed by atoms with Gasteiger partial charge in [-0.3, -0.25) is 25.0 Å². The molecule has 0 fully saturated rings. The first-order valence-corrected chi connectivity index (χ1v) is 11.8. The van der Waals surface area contributed by atoms with Gasteiger partial charge in [-0.15, -0.1) is 0 Å². The molecule has 2 aromatic rings. The molecule has 35 heavy (non-hydrogen) atoms. The van der Waals surface area contributed by atoms with E-state index in [2.05, 4.69) is 10.7 Å². The molecule has 9 nitrogen and oxygen atoms in total. The molecular formula is C26H38N4O5. The van der Waals surface area contributed by atoms with E-state index in [4.69, 9.17) is 4.74 Å². The highest BCUT2D eigenvalue weighted by atomic mass is 16.5. The number of ether oxygens (including phenoxy) is 1. The Morgan fingerprint density at radius 2 is 1.66 bits per heavy atom. The lowest BCUT2D eigenvalue weighted by Crippen LogP contribution is -2.58. The molecule has 0 aromatic heterocycles. The number of benzene rings is 2. The van der Waals surface area contributed by atoms with Crippen molar-refractivity contribution in [3.63, 3.8) is 0 Å². The summed E-state index contributed by atoms with van der Waals surface area (Å²) in [4.78, 5) is 39.1. The number of carbonyl (C=O) groups is 3. The third-order valence-electron chi connectivity index (χ3n) is 5.59. The summed E-state index contributed by atoms with van der Waals surface area (Å²) in [5.74, 6) is -2.70. The van der Waals surface area contributed by atoms with Crippen LogP contribution in [-0.2, 0) is 25.5 Å². The van der Waals surface area contributed by atoms with Crippen LogP contribution in [0, 0.1) is 11.3 Å². The molecule has 0 aliphatic heterocycles. The fourth-order valence-corrected chi connectivity index (χ4v) is 3.85. The Morgan fingerprint density at radius 3 is 2.23 bits per heavy atom. The lowest BCUT2D eigenvalue weighted by molar-refractivity contribution is -0.151. The van der Waals surface area contributed by atoms with Crippen molar-refractivity contribution in [3.05, 3.63) is 48.0 Å². The van der Waals surface area contributed by atoms with E-state index in [1.807, 2.05) is 70.2 Å². The van der Waals surface area contributed by atoms with E-state index in [1.165, 1.54) is 5.01 Å². The first-order valence-electron chi connectivity index (χ1n) is 11.8. The normalized spacial score (nSPS) is 14.3. The van der Waals surface area contributed by atoms with Crippen molar-refractivity contribution >= 4 is 28.5 Å². The smallest absolute Gasteiger partial charge is 0.273 e. The number of carbonyl (C=O) groups excluding carboxylic acids is 3.